The van der Waals surface area contributed by atoms with Gasteiger partial charge in [-0.15, -0.1) is 0 Å². The highest BCUT2D eigenvalue weighted by Gasteiger charge is 2.32. The third-order valence-electron chi connectivity index (χ3n) is 3.60. The Kier molecular flexibility index (Phi) is 4.21. The standard InChI is InChI=1S/C17H14ClN3O2/c1-2-4-10-5-3-6-11(7-10)21-15-14(18)16(22)12-8-19-20-9-13(12)17(15)23/h3,5-9,21H,2,4H2,1H3. The fraction of sp³-hybridized carbons (Fsp3) is 0.176. The fourth-order valence-corrected chi connectivity index (χ4v) is 2.73. The normalized spacial score (nSPS) is 14.0. The predicted octanol–water partition coefficient (Wildman–Crippen LogP) is 3.37. The second kappa shape index (κ2) is 6.30. The number of nitrogens with zero attached hydrogens (tertiary/aromatic N) is 2. The van der Waals surface area contributed by atoms with Crippen LogP contribution in [0.1, 0.15) is 39.6 Å². The zero-order valence-corrected chi connectivity index (χ0v) is 13.2. The third-order valence-corrected chi connectivity index (χ3v) is 3.96. The Morgan fingerprint density at radius 1 is 1.09 bits per heavy atom. The number of rotatable bonds is 4. The van der Waals surface area contributed by atoms with Gasteiger partial charge in [0.2, 0.25) is 11.6 Å². The monoisotopic (exact) mass is 327 g/mol. The molecule has 6 heteroatoms. The van der Waals surface area contributed by atoms with Gasteiger partial charge >= 0.3 is 0 Å². The summed E-state index contributed by atoms with van der Waals surface area (Å²) >= 11 is 6.11. The van der Waals surface area contributed by atoms with E-state index in [1.807, 2.05) is 24.3 Å². The summed E-state index contributed by atoms with van der Waals surface area (Å²) in [5.41, 5.74) is 2.33. The average molecular weight is 328 g/mol. The van der Waals surface area contributed by atoms with Gasteiger partial charge in [-0.25, -0.2) is 0 Å². The number of hydrogen-bond acceptors (Lipinski definition) is 5. The van der Waals surface area contributed by atoms with Crippen LogP contribution in [0.5, 0.6) is 0 Å². The average Bonchev–Trinajstić information content (AvgIpc) is 2.57. The Hall–Kier alpha value is -2.53. The van der Waals surface area contributed by atoms with Gasteiger partial charge < -0.3 is 5.32 Å². The minimum Gasteiger partial charge on any atom is -0.351 e. The summed E-state index contributed by atoms with van der Waals surface area (Å²) in [6.07, 6.45) is 4.51. The van der Waals surface area contributed by atoms with Crippen molar-refractivity contribution >= 4 is 28.9 Å². The van der Waals surface area contributed by atoms with E-state index in [1.54, 1.807) is 0 Å². The van der Waals surface area contributed by atoms with Crippen LogP contribution >= 0.6 is 11.6 Å². The summed E-state index contributed by atoms with van der Waals surface area (Å²) < 4.78 is 0. The molecular formula is C17H14ClN3O2. The molecular weight excluding hydrogens is 314 g/mol. The van der Waals surface area contributed by atoms with Crippen LogP contribution in [0, 0.1) is 0 Å². The lowest BCUT2D eigenvalue weighted by atomic mass is 9.95. The summed E-state index contributed by atoms with van der Waals surface area (Å²) in [4.78, 5) is 24.8. The number of allylic oxidation sites excluding steroid dienone is 2. The van der Waals surface area contributed by atoms with Gasteiger partial charge in [0.25, 0.3) is 0 Å². The number of fused-ring (bicyclic) bond motifs is 1. The molecule has 0 unspecified atom stereocenters. The number of aromatic nitrogens is 2. The number of halogens is 1. The molecule has 1 aromatic heterocycles. The predicted molar refractivity (Wildman–Crippen MR) is 87.6 cm³/mol. The quantitative estimate of drug-likeness (QED) is 0.932. The minimum atomic E-state index is -0.427. The maximum absolute atomic E-state index is 12.6. The van der Waals surface area contributed by atoms with Crippen molar-refractivity contribution in [1.82, 2.24) is 10.2 Å². The van der Waals surface area contributed by atoms with Crippen molar-refractivity contribution in [2.75, 3.05) is 5.32 Å². The smallest absolute Gasteiger partial charge is 0.213 e. The Labute approximate surface area is 138 Å². The zero-order valence-electron chi connectivity index (χ0n) is 12.5. The number of carbonyl (C=O) groups is 2. The van der Waals surface area contributed by atoms with Crippen LogP contribution < -0.4 is 5.32 Å². The molecule has 5 nitrogen and oxygen atoms in total. The molecule has 0 radical (unpaired) electrons. The Bertz CT molecular complexity index is 830. The van der Waals surface area contributed by atoms with Crippen LogP contribution in [0.3, 0.4) is 0 Å². The zero-order chi connectivity index (χ0) is 16.4. The summed E-state index contributed by atoms with van der Waals surface area (Å²) in [7, 11) is 0. The minimum absolute atomic E-state index is 0.0748. The molecule has 3 rings (SSSR count). The first-order chi connectivity index (χ1) is 11.1. The highest BCUT2D eigenvalue weighted by atomic mass is 35.5. The van der Waals surface area contributed by atoms with Crippen LogP contribution in [0.15, 0.2) is 47.4 Å². The van der Waals surface area contributed by atoms with Gasteiger partial charge in [-0.05, 0) is 24.1 Å². The maximum atomic E-state index is 12.6. The van der Waals surface area contributed by atoms with Crippen LogP contribution in [0.25, 0.3) is 0 Å². The molecule has 0 saturated heterocycles. The lowest BCUT2D eigenvalue weighted by Gasteiger charge is -2.18. The first-order valence-electron chi connectivity index (χ1n) is 7.27. The van der Waals surface area contributed by atoms with Crippen molar-refractivity contribution in [2.24, 2.45) is 0 Å². The summed E-state index contributed by atoms with van der Waals surface area (Å²) in [6.45, 7) is 2.10. The molecule has 0 spiro atoms. The van der Waals surface area contributed by atoms with Crippen molar-refractivity contribution in [3.8, 4) is 0 Å². The number of benzene rings is 1. The van der Waals surface area contributed by atoms with E-state index in [0.717, 1.165) is 24.1 Å². The lowest BCUT2D eigenvalue weighted by molar-refractivity contribution is 0.0981. The number of hydrogen-bond donors (Lipinski definition) is 1. The second-order valence-corrected chi connectivity index (χ2v) is 5.62. The molecule has 0 saturated carbocycles. The molecule has 0 aliphatic heterocycles. The van der Waals surface area contributed by atoms with Crippen LogP contribution in [-0.4, -0.2) is 21.8 Å². The van der Waals surface area contributed by atoms with Gasteiger partial charge in [0, 0.05) is 5.69 Å². The molecule has 0 fully saturated rings. The second-order valence-electron chi connectivity index (χ2n) is 5.24. The van der Waals surface area contributed by atoms with Gasteiger partial charge in [-0.3, -0.25) is 9.59 Å². The van der Waals surface area contributed by atoms with Gasteiger partial charge in [0.05, 0.1) is 23.5 Å². The molecule has 0 amide bonds. The van der Waals surface area contributed by atoms with E-state index in [4.69, 9.17) is 11.6 Å². The van der Waals surface area contributed by atoms with Crippen molar-refractivity contribution in [2.45, 2.75) is 19.8 Å². The fourth-order valence-electron chi connectivity index (χ4n) is 2.50. The molecule has 1 aliphatic rings. The van der Waals surface area contributed by atoms with Crippen molar-refractivity contribution in [1.29, 1.82) is 0 Å². The van der Waals surface area contributed by atoms with Crippen LogP contribution in [-0.2, 0) is 6.42 Å². The van der Waals surface area contributed by atoms with Gasteiger partial charge in [0.1, 0.15) is 10.7 Å². The summed E-state index contributed by atoms with van der Waals surface area (Å²) in [5, 5.41) is 10.2. The molecule has 2 aromatic rings. The highest BCUT2D eigenvalue weighted by Crippen LogP contribution is 2.28. The molecule has 1 aromatic carbocycles. The molecule has 1 heterocycles. The Morgan fingerprint density at radius 2 is 1.78 bits per heavy atom. The molecule has 1 N–H and O–H groups in total. The third kappa shape index (κ3) is 2.87. The SMILES string of the molecule is CCCc1cccc(NC2=C(Cl)C(=O)c3cnncc3C2=O)c1. The number of aryl methyl sites for hydroxylation is 1. The topological polar surface area (TPSA) is 72.0 Å². The number of Topliss-reactive ketones (excluding diaryl/α,β-unsaturated/α-hetero) is 2. The van der Waals surface area contributed by atoms with E-state index in [1.165, 1.54) is 12.4 Å². The number of nitrogens with one attached hydrogen (secondary N) is 1. The van der Waals surface area contributed by atoms with Gasteiger partial charge in [-0.1, -0.05) is 37.1 Å². The molecule has 0 bridgehead atoms. The van der Waals surface area contributed by atoms with Gasteiger partial charge in [-0.2, -0.15) is 10.2 Å². The van der Waals surface area contributed by atoms with E-state index >= 15 is 0 Å². The molecule has 1 aliphatic carbocycles. The van der Waals surface area contributed by atoms with Crippen molar-refractivity contribution in [3.05, 3.63) is 64.1 Å². The van der Waals surface area contributed by atoms with E-state index in [2.05, 4.69) is 22.4 Å². The lowest BCUT2D eigenvalue weighted by Crippen LogP contribution is -2.24. The Balaban J connectivity index is 1.97. The first kappa shape index (κ1) is 15.4. The summed E-state index contributed by atoms with van der Waals surface area (Å²) in [6, 6.07) is 7.69. The number of anilines is 1. The summed E-state index contributed by atoms with van der Waals surface area (Å²) in [5.74, 6) is -0.788. The molecule has 0 atom stereocenters. The first-order valence-corrected chi connectivity index (χ1v) is 7.65. The van der Waals surface area contributed by atoms with E-state index in [0.29, 0.717) is 0 Å². The van der Waals surface area contributed by atoms with Crippen LogP contribution in [0.2, 0.25) is 0 Å². The van der Waals surface area contributed by atoms with E-state index in [9.17, 15) is 9.59 Å². The Morgan fingerprint density at radius 3 is 2.48 bits per heavy atom. The van der Waals surface area contributed by atoms with E-state index in [-0.39, 0.29) is 27.6 Å². The van der Waals surface area contributed by atoms with Crippen molar-refractivity contribution in [3.63, 3.8) is 0 Å². The van der Waals surface area contributed by atoms with E-state index < -0.39 is 5.78 Å². The van der Waals surface area contributed by atoms with Gasteiger partial charge in [0.15, 0.2) is 0 Å². The number of ketones is 2. The maximum Gasteiger partial charge on any atom is 0.213 e. The van der Waals surface area contributed by atoms with Crippen molar-refractivity contribution < 1.29 is 9.59 Å². The molecule has 23 heavy (non-hydrogen) atoms. The number of carbonyl (C=O) groups excluding carboxylic acids is 2. The highest BCUT2D eigenvalue weighted by molar-refractivity contribution is 6.50. The largest absolute Gasteiger partial charge is 0.351 e. The molecule has 116 valence electrons. The van der Waals surface area contributed by atoms with Crippen LogP contribution in [0.4, 0.5) is 5.69 Å².